The number of hydrogen-bond acceptors (Lipinski definition) is 6. The third kappa shape index (κ3) is 4.24. The van der Waals surface area contributed by atoms with E-state index in [-0.39, 0.29) is 52.7 Å². The van der Waals surface area contributed by atoms with Gasteiger partial charge in [-0.15, -0.1) is 0 Å². The van der Waals surface area contributed by atoms with Crippen LogP contribution in [0.5, 0.6) is 11.5 Å². The fraction of sp³-hybridized carbons (Fsp3) is 0.280. The number of para-hydroxylation sites is 1. The molecule has 11 heteroatoms. The van der Waals surface area contributed by atoms with Crippen LogP contribution in [0.15, 0.2) is 56.5 Å². The molecule has 0 unspecified atom stereocenters. The van der Waals surface area contributed by atoms with E-state index < -0.39 is 18.3 Å². The number of benzene rings is 2. The topological polar surface area (TPSA) is 97.3 Å². The fourth-order valence-electron chi connectivity index (χ4n) is 4.99. The Morgan fingerprint density at radius 1 is 1.17 bits per heavy atom. The van der Waals surface area contributed by atoms with E-state index in [1.807, 2.05) is 12.2 Å². The van der Waals surface area contributed by atoms with E-state index in [1.165, 1.54) is 31.5 Å². The molecule has 1 saturated carbocycles. The zero-order valence-electron chi connectivity index (χ0n) is 18.9. The van der Waals surface area contributed by atoms with Crippen LogP contribution in [-0.4, -0.2) is 42.7 Å². The number of imide groups is 1. The smallest absolute Gasteiger partial charge is 0.262 e. The Bertz CT molecular complexity index is 1300. The SMILES string of the molecule is COc1cc(C=NN2C(=O)[C@@H]3[C@H](C2=O)[C@H]2C=C[C@H]3C2)c(Br)c(Br)c1OCC(=O)Nc1ccccc1F. The fourth-order valence-corrected chi connectivity index (χ4v) is 5.93. The molecule has 5 rings (SSSR count). The van der Waals surface area contributed by atoms with Gasteiger partial charge in [-0.2, -0.15) is 10.1 Å². The number of nitrogens with one attached hydrogen (secondary N) is 1. The minimum absolute atomic E-state index is 0.0452. The molecule has 0 aromatic heterocycles. The molecule has 2 aromatic carbocycles. The number of carbonyl (C=O) groups excluding carboxylic acids is 3. The number of anilines is 1. The van der Waals surface area contributed by atoms with Crippen LogP contribution < -0.4 is 14.8 Å². The summed E-state index contributed by atoms with van der Waals surface area (Å²) in [4.78, 5) is 38.0. The molecular weight excluding hydrogens is 601 g/mol. The lowest BCUT2D eigenvalue weighted by atomic mass is 9.85. The summed E-state index contributed by atoms with van der Waals surface area (Å²) in [7, 11) is 1.43. The van der Waals surface area contributed by atoms with Gasteiger partial charge in [-0.1, -0.05) is 24.3 Å². The van der Waals surface area contributed by atoms with Crippen LogP contribution in [0.3, 0.4) is 0 Å². The standard InChI is InChI=1S/C25H20Br2FN3O5/c1-35-17-9-14(10-29-31-24(33)19-12-6-7-13(8-12)20(19)25(31)34)21(26)22(27)23(17)36-11-18(32)30-16-5-3-2-4-15(16)28/h2-7,9-10,12-13,19-20H,8,11H2,1H3,(H,30,32)/t12-,13-,19-,20+/m0/s1. The van der Waals surface area contributed by atoms with Crippen molar-refractivity contribution in [1.82, 2.24) is 5.01 Å². The van der Waals surface area contributed by atoms with Gasteiger partial charge in [0.2, 0.25) is 0 Å². The molecule has 2 aliphatic carbocycles. The summed E-state index contributed by atoms with van der Waals surface area (Å²) >= 11 is 6.89. The molecule has 1 heterocycles. The van der Waals surface area contributed by atoms with E-state index in [4.69, 9.17) is 9.47 Å². The number of hydrogen-bond donors (Lipinski definition) is 1. The summed E-state index contributed by atoms with van der Waals surface area (Å²) < 4.78 is 25.8. The highest BCUT2D eigenvalue weighted by Gasteiger charge is 2.59. The van der Waals surface area contributed by atoms with Crippen molar-refractivity contribution < 1.29 is 28.2 Å². The Morgan fingerprint density at radius 3 is 2.47 bits per heavy atom. The van der Waals surface area contributed by atoms with Crippen LogP contribution in [0.1, 0.15) is 12.0 Å². The van der Waals surface area contributed by atoms with Crippen molar-refractivity contribution in [2.24, 2.45) is 28.8 Å². The van der Waals surface area contributed by atoms with Crippen molar-refractivity contribution >= 4 is 61.5 Å². The van der Waals surface area contributed by atoms with Gasteiger partial charge in [0, 0.05) is 10.0 Å². The van der Waals surface area contributed by atoms with Gasteiger partial charge >= 0.3 is 0 Å². The molecule has 2 bridgehead atoms. The Balaban J connectivity index is 1.31. The number of allylic oxidation sites excluding steroid dienone is 2. The largest absolute Gasteiger partial charge is 0.493 e. The zero-order valence-corrected chi connectivity index (χ0v) is 22.1. The van der Waals surface area contributed by atoms with Crippen LogP contribution in [0.25, 0.3) is 0 Å². The Hall–Kier alpha value is -3.05. The van der Waals surface area contributed by atoms with Gasteiger partial charge in [0.05, 0.1) is 35.3 Å². The first-order valence-electron chi connectivity index (χ1n) is 11.1. The van der Waals surface area contributed by atoms with E-state index in [9.17, 15) is 18.8 Å². The van der Waals surface area contributed by atoms with Gasteiger partial charge < -0.3 is 14.8 Å². The first kappa shape index (κ1) is 24.6. The van der Waals surface area contributed by atoms with Crippen molar-refractivity contribution in [1.29, 1.82) is 0 Å². The number of ether oxygens (including phenoxy) is 2. The third-order valence-corrected chi connectivity index (χ3v) is 8.77. The van der Waals surface area contributed by atoms with Gasteiger partial charge in [-0.3, -0.25) is 14.4 Å². The molecule has 0 radical (unpaired) electrons. The summed E-state index contributed by atoms with van der Waals surface area (Å²) in [5.74, 6) is -1.62. The molecule has 1 N–H and O–H groups in total. The maximum Gasteiger partial charge on any atom is 0.262 e. The summed E-state index contributed by atoms with van der Waals surface area (Å²) in [5.41, 5.74) is 0.560. The van der Waals surface area contributed by atoms with Gasteiger partial charge in [-0.05, 0) is 68.3 Å². The van der Waals surface area contributed by atoms with Crippen LogP contribution in [0, 0.1) is 29.5 Å². The summed E-state index contributed by atoms with van der Waals surface area (Å²) in [6, 6.07) is 7.41. The highest BCUT2D eigenvalue weighted by Crippen LogP contribution is 2.52. The van der Waals surface area contributed by atoms with Crippen LogP contribution in [-0.2, 0) is 14.4 Å². The molecule has 36 heavy (non-hydrogen) atoms. The third-order valence-electron chi connectivity index (χ3n) is 6.63. The molecule has 2 fully saturated rings. The molecular formula is C25H20Br2FN3O5. The molecule has 0 spiro atoms. The second-order valence-electron chi connectivity index (χ2n) is 8.67. The lowest BCUT2D eigenvalue weighted by Crippen LogP contribution is -2.28. The van der Waals surface area contributed by atoms with Crippen molar-refractivity contribution in [3.8, 4) is 11.5 Å². The first-order chi connectivity index (χ1) is 17.3. The summed E-state index contributed by atoms with van der Waals surface area (Å²) in [6.07, 6.45) is 6.30. The number of nitrogens with zero attached hydrogens (tertiary/aromatic N) is 2. The minimum Gasteiger partial charge on any atom is -0.493 e. The van der Waals surface area contributed by atoms with E-state index in [1.54, 1.807) is 12.1 Å². The summed E-state index contributed by atoms with van der Waals surface area (Å²) in [5, 5.41) is 7.62. The number of rotatable bonds is 7. The molecule has 1 aliphatic heterocycles. The lowest BCUT2D eigenvalue weighted by molar-refractivity contribution is -0.140. The monoisotopic (exact) mass is 619 g/mol. The molecule has 1 saturated heterocycles. The van der Waals surface area contributed by atoms with E-state index in [2.05, 4.69) is 42.3 Å². The van der Waals surface area contributed by atoms with Gasteiger partial charge in [-0.25, -0.2) is 4.39 Å². The van der Waals surface area contributed by atoms with Gasteiger partial charge in [0.25, 0.3) is 17.7 Å². The molecule has 186 valence electrons. The zero-order chi connectivity index (χ0) is 25.6. The number of fused-ring (bicyclic) bond motifs is 5. The lowest BCUT2D eigenvalue weighted by Gasteiger charge is -2.16. The number of amides is 3. The second-order valence-corrected chi connectivity index (χ2v) is 10.3. The molecule has 4 atom stereocenters. The van der Waals surface area contributed by atoms with Crippen LogP contribution in [0.4, 0.5) is 10.1 Å². The predicted molar refractivity (Wildman–Crippen MR) is 136 cm³/mol. The van der Waals surface area contributed by atoms with E-state index in [0.717, 1.165) is 11.4 Å². The van der Waals surface area contributed by atoms with E-state index >= 15 is 0 Å². The van der Waals surface area contributed by atoms with Crippen molar-refractivity contribution in [2.75, 3.05) is 19.0 Å². The normalized spacial score (nSPS) is 24.1. The quantitative estimate of drug-likeness (QED) is 0.279. The second kappa shape index (κ2) is 9.78. The Labute approximate surface area is 222 Å². The average molecular weight is 621 g/mol. The molecule has 2 aromatic rings. The van der Waals surface area contributed by atoms with Crippen molar-refractivity contribution in [3.63, 3.8) is 0 Å². The van der Waals surface area contributed by atoms with Crippen LogP contribution in [0.2, 0.25) is 0 Å². The summed E-state index contributed by atoms with van der Waals surface area (Å²) in [6.45, 7) is -0.404. The number of halogens is 3. The Morgan fingerprint density at radius 2 is 1.83 bits per heavy atom. The number of methoxy groups -OCH3 is 1. The maximum atomic E-state index is 13.8. The highest BCUT2D eigenvalue weighted by atomic mass is 79.9. The first-order valence-corrected chi connectivity index (χ1v) is 12.7. The maximum absolute atomic E-state index is 13.8. The molecule has 3 aliphatic rings. The highest BCUT2D eigenvalue weighted by molar-refractivity contribution is 9.13. The van der Waals surface area contributed by atoms with Gasteiger partial charge in [0.15, 0.2) is 18.1 Å². The molecule has 8 nitrogen and oxygen atoms in total. The van der Waals surface area contributed by atoms with Crippen LogP contribution >= 0.6 is 31.9 Å². The number of hydrazone groups is 1. The van der Waals surface area contributed by atoms with E-state index in [0.29, 0.717) is 14.5 Å². The van der Waals surface area contributed by atoms with Gasteiger partial charge in [0.1, 0.15) is 5.82 Å². The van der Waals surface area contributed by atoms with Crippen molar-refractivity contribution in [3.05, 3.63) is 62.8 Å². The Kier molecular flexibility index (Phi) is 6.69. The number of carbonyl (C=O) groups is 3. The van der Waals surface area contributed by atoms with Crippen molar-refractivity contribution in [2.45, 2.75) is 6.42 Å². The average Bonchev–Trinajstić information content (AvgIpc) is 3.55. The molecule has 3 amide bonds. The minimum atomic E-state index is -0.559. The predicted octanol–water partition coefficient (Wildman–Crippen LogP) is 4.52.